The molecule has 0 aromatic carbocycles. The monoisotopic (exact) mass is 192 g/mol. The summed E-state index contributed by atoms with van der Waals surface area (Å²) >= 11 is 0. The van der Waals surface area contributed by atoms with Gasteiger partial charge in [-0.2, -0.15) is 0 Å². The molecule has 0 saturated heterocycles. The van der Waals surface area contributed by atoms with Gasteiger partial charge in [0.2, 0.25) is 0 Å². The van der Waals surface area contributed by atoms with Gasteiger partial charge in [-0.15, -0.1) is 0 Å². The minimum atomic E-state index is -1.20. The third-order valence-electron chi connectivity index (χ3n) is 1.62. The topological polar surface area (TPSA) is 107 Å². The van der Waals surface area contributed by atoms with Crippen LogP contribution in [-0.4, -0.2) is 32.4 Å². The number of hydrogen-bond acceptors (Lipinski definition) is 6. The summed E-state index contributed by atoms with van der Waals surface area (Å²) in [7, 11) is 0. The van der Waals surface area contributed by atoms with E-state index in [0.29, 0.717) is 17.0 Å². The van der Waals surface area contributed by atoms with Gasteiger partial charge in [-0.1, -0.05) is 0 Å². The first-order valence-electron chi connectivity index (χ1n) is 3.85. The molecule has 0 fully saturated rings. The summed E-state index contributed by atoms with van der Waals surface area (Å²) in [6.07, 6.45) is 2.77. The average molecular weight is 192 g/mol. The number of rotatable bonds is 3. The first-order chi connectivity index (χ1) is 6.77. The Labute approximate surface area is 78.2 Å². The zero-order valence-corrected chi connectivity index (χ0v) is 7.02. The maximum absolute atomic E-state index is 10.2. The molecule has 0 aliphatic carbocycles. The fourth-order valence-electron chi connectivity index (χ4n) is 1.05. The second-order valence-electron chi connectivity index (χ2n) is 2.55. The van der Waals surface area contributed by atoms with Crippen LogP contribution in [0.3, 0.4) is 0 Å². The molecule has 0 aliphatic rings. The summed E-state index contributed by atoms with van der Waals surface area (Å²) < 4.78 is 0. The van der Waals surface area contributed by atoms with Crippen molar-refractivity contribution in [1.82, 2.24) is 19.9 Å². The number of nitrogens with one attached hydrogen (secondary N) is 2. The smallest absolute Gasteiger partial charge is 0.182 e. The van der Waals surface area contributed by atoms with Gasteiger partial charge in [0.15, 0.2) is 11.5 Å². The molecule has 2 aromatic heterocycles. The molecule has 14 heavy (non-hydrogen) atoms. The van der Waals surface area contributed by atoms with Crippen molar-refractivity contribution < 1.29 is 9.90 Å². The van der Waals surface area contributed by atoms with Gasteiger partial charge >= 0.3 is 0 Å². The number of carboxylic acid groups (broad SMARTS) is 1. The first kappa shape index (κ1) is 8.42. The van der Waals surface area contributed by atoms with E-state index in [1.165, 1.54) is 12.7 Å². The normalized spacial score (nSPS) is 10.3. The standard InChI is InChI=1S/C7H7N5O2/c13-4(14)1-8-6-5-7(10-2-9-5)12-3-11-6/h2-3H,1H2,(H,13,14)(H2,8,9,10,11,12)/p-1. The second-order valence-corrected chi connectivity index (χ2v) is 2.55. The summed E-state index contributed by atoms with van der Waals surface area (Å²) in [5, 5.41) is 12.8. The lowest BCUT2D eigenvalue weighted by Crippen LogP contribution is -2.30. The minimum absolute atomic E-state index is 0.300. The molecule has 72 valence electrons. The highest BCUT2D eigenvalue weighted by atomic mass is 16.4. The van der Waals surface area contributed by atoms with Crippen molar-refractivity contribution in [2.45, 2.75) is 0 Å². The number of aromatic nitrogens is 4. The molecular weight excluding hydrogens is 186 g/mol. The second kappa shape index (κ2) is 3.29. The van der Waals surface area contributed by atoms with E-state index in [9.17, 15) is 9.90 Å². The summed E-state index contributed by atoms with van der Waals surface area (Å²) in [6, 6.07) is 0. The number of carboxylic acids is 1. The van der Waals surface area contributed by atoms with E-state index in [-0.39, 0.29) is 6.54 Å². The highest BCUT2D eigenvalue weighted by Crippen LogP contribution is 2.13. The third-order valence-corrected chi connectivity index (χ3v) is 1.62. The largest absolute Gasteiger partial charge is 0.548 e. The first-order valence-corrected chi connectivity index (χ1v) is 3.85. The van der Waals surface area contributed by atoms with E-state index in [1.54, 1.807) is 0 Å². The summed E-state index contributed by atoms with van der Waals surface area (Å²) in [6.45, 7) is -0.300. The van der Waals surface area contributed by atoms with E-state index in [1.807, 2.05) is 0 Å². The number of aliphatic carboxylic acids is 1. The molecule has 0 unspecified atom stereocenters. The predicted octanol–water partition coefficient (Wildman–Crippen LogP) is -1.49. The van der Waals surface area contributed by atoms with Gasteiger partial charge in [-0.05, 0) is 0 Å². The van der Waals surface area contributed by atoms with E-state index in [4.69, 9.17) is 0 Å². The van der Waals surface area contributed by atoms with Crippen molar-refractivity contribution in [1.29, 1.82) is 0 Å². The molecule has 0 amide bonds. The fraction of sp³-hybridized carbons (Fsp3) is 0.143. The van der Waals surface area contributed by atoms with Crippen molar-refractivity contribution >= 4 is 23.0 Å². The molecule has 0 spiro atoms. The number of imidazole rings is 1. The highest BCUT2D eigenvalue weighted by molar-refractivity contribution is 5.83. The number of anilines is 1. The summed E-state index contributed by atoms with van der Waals surface area (Å²) in [5.41, 5.74) is 1.06. The van der Waals surface area contributed by atoms with Crippen LogP contribution >= 0.6 is 0 Å². The Morgan fingerprint density at radius 3 is 3.14 bits per heavy atom. The van der Waals surface area contributed by atoms with Crippen molar-refractivity contribution in [2.75, 3.05) is 11.9 Å². The van der Waals surface area contributed by atoms with Gasteiger partial charge in [0, 0.05) is 0 Å². The Bertz CT molecular complexity index is 466. The van der Waals surface area contributed by atoms with Crippen LogP contribution in [0.2, 0.25) is 0 Å². The molecule has 2 heterocycles. The van der Waals surface area contributed by atoms with Crippen LogP contribution in [0.15, 0.2) is 12.7 Å². The van der Waals surface area contributed by atoms with Crippen molar-refractivity contribution in [3.8, 4) is 0 Å². The Morgan fingerprint density at radius 1 is 1.50 bits per heavy atom. The van der Waals surface area contributed by atoms with Crippen molar-refractivity contribution in [3.63, 3.8) is 0 Å². The SMILES string of the molecule is O=C([O-])CNc1ncnc2nc[nH]c12. The molecule has 2 aromatic rings. The maximum Gasteiger partial charge on any atom is 0.182 e. The Balaban J connectivity index is 2.32. The summed E-state index contributed by atoms with van der Waals surface area (Å²) in [5.74, 6) is -0.798. The van der Waals surface area contributed by atoms with Crippen LogP contribution < -0.4 is 10.4 Å². The minimum Gasteiger partial charge on any atom is -0.548 e. The zero-order chi connectivity index (χ0) is 9.97. The Morgan fingerprint density at radius 2 is 2.36 bits per heavy atom. The number of aromatic amines is 1. The number of H-pyrrole nitrogens is 1. The molecule has 0 radical (unpaired) electrons. The van der Waals surface area contributed by atoms with Gasteiger partial charge in [0.25, 0.3) is 0 Å². The number of hydrogen-bond donors (Lipinski definition) is 2. The van der Waals surface area contributed by atoms with Gasteiger partial charge in [0.05, 0.1) is 18.8 Å². The maximum atomic E-state index is 10.2. The van der Waals surface area contributed by atoms with Crippen molar-refractivity contribution in [3.05, 3.63) is 12.7 Å². The van der Waals surface area contributed by atoms with Crippen LogP contribution in [0.4, 0.5) is 5.82 Å². The van der Waals surface area contributed by atoms with Crippen LogP contribution in [-0.2, 0) is 4.79 Å². The summed E-state index contributed by atoms with van der Waals surface area (Å²) in [4.78, 5) is 24.6. The average Bonchev–Trinajstić information content (AvgIpc) is 2.62. The van der Waals surface area contributed by atoms with Gasteiger partial charge in [-0.3, -0.25) is 0 Å². The third kappa shape index (κ3) is 1.47. The number of fused-ring (bicyclic) bond motifs is 1. The number of nitrogens with zero attached hydrogens (tertiary/aromatic N) is 3. The van der Waals surface area contributed by atoms with Gasteiger partial charge in [-0.25, -0.2) is 15.0 Å². The highest BCUT2D eigenvalue weighted by Gasteiger charge is 2.03. The number of carbonyl (C=O) groups excluding carboxylic acids is 1. The van der Waals surface area contributed by atoms with Gasteiger partial charge in [0.1, 0.15) is 11.8 Å². The lowest BCUT2D eigenvalue weighted by atomic mass is 10.5. The number of carbonyl (C=O) groups is 1. The lowest BCUT2D eigenvalue weighted by Gasteiger charge is -2.05. The van der Waals surface area contributed by atoms with Crippen LogP contribution in [0, 0.1) is 0 Å². The molecule has 7 nitrogen and oxygen atoms in total. The molecule has 0 atom stereocenters. The van der Waals surface area contributed by atoms with E-state index < -0.39 is 5.97 Å². The van der Waals surface area contributed by atoms with Crippen molar-refractivity contribution in [2.24, 2.45) is 0 Å². The molecule has 2 N–H and O–H groups in total. The molecule has 7 heteroatoms. The molecular formula is C7H6N5O2-. The molecule has 0 aliphatic heterocycles. The fourth-order valence-corrected chi connectivity index (χ4v) is 1.05. The molecule has 0 bridgehead atoms. The van der Waals surface area contributed by atoms with Crippen LogP contribution in [0.5, 0.6) is 0 Å². The van der Waals surface area contributed by atoms with E-state index >= 15 is 0 Å². The zero-order valence-electron chi connectivity index (χ0n) is 7.02. The quantitative estimate of drug-likeness (QED) is 0.613. The van der Waals surface area contributed by atoms with Crippen LogP contribution in [0.25, 0.3) is 11.2 Å². The van der Waals surface area contributed by atoms with E-state index in [2.05, 4.69) is 25.3 Å². The Hall–Kier alpha value is -2.18. The lowest BCUT2D eigenvalue weighted by molar-refractivity contribution is -0.302. The molecule has 2 rings (SSSR count). The van der Waals surface area contributed by atoms with Gasteiger partial charge < -0.3 is 20.2 Å². The molecule has 0 saturated carbocycles. The van der Waals surface area contributed by atoms with E-state index in [0.717, 1.165) is 0 Å². The predicted molar refractivity (Wildman–Crippen MR) is 45.2 cm³/mol. The van der Waals surface area contributed by atoms with Crippen LogP contribution in [0.1, 0.15) is 0 Å². The Kier molecular flexibility index (Phi) is 1.98.